The maximum atomic E-state index is 10.2. The lowest BCUT2D eigenvalue weighted by molar-refractivity contribution is -0.128. The van der Waals surface area contributed by atoms with Crippen molar-refractivity contribution >= 4 is 47.0 Å². The van der Waals surface area contributed by atoms with Crippen LogP contribution in [0.5, 0.6) is 11.5 Å². The number of rotatable bonds is 22. The van der Waals surface area contributed by atoms with Crippen molar-refractivity contribution in [3.8, 4) is 33.8 Å². The molecule has 66 heavy (non-hydrogen) atoms. The van der Waals surface area contributed by atoms with E-state index < -0.39 is 0 Å². The van der Waals surface area contributed by atoms with Crippen LogP contribution in [0.15, 0.2) is 152 Å². The summed E-state index contributed by atoms with van der Waals surface area (Å²) in [5.74, 6) is 1.89. The predicted molar refractivity (Wildman–Crippen MR) is 273 cm³/mol. The summed E-state index contributed by atoms with van der Waals surface area (Å²) in [6.45, 7) is 21.9. The van der Waals surface area contributed by atoms with Gasteiger partial charge in [0.15, 0.2) is 0 Å². The largest absolute Gasteiger partial charge is 0.513 e. The quantitative estimate of drug-likeness (QED) is 0.0131. The van der Waals surface area contributed by atoms with Gasteiger partial charge in [-0.2, -0.15) is 5.10 Å². The first kappa shape index (κ1) is 59.2. The van der Waals surface area contributed by atoms with Crippen molar-refractivity contribution < 1.29 is 43.5 Å². The van der Waals surface area contributed by atoms with Gasteiger partial charge in [0, 0.05) is 26.3 Å². The monoisotopic (exact) mass is 923 g/mol. The second-order valence-corrected chi connectivity index (χ2v) is 14.7. The number of methoxy groups -OCH3 is 1. The molecule has 0 spiro atoms. The average molecular weight is 924 g/mol. The minimum absolute atomic E-state index is 0.167. The zero-order valence-electron chi connectivity index (χ0n) is 39.1. The third-order valence-electron chi connectivity index (χ3n) is 8.56. The van der Waals surface area contributed by atoms with E-state index in [2.05, 4.69) is 102 Å². The fourth-order valence-electron chi connectivity index (χ4n) is 5.68. The molecule has 0 radical (unpaired) electrons. The van der Waals surface area contributed by atoms with Crippen molar-refractivity contribution in [3.05, 3.63) is 152 Å². The molecule has 12 nitrogen and oxygen atoms in total. The molecule has 0 atom stereocenters. The van der Waals surface area contributed by atoms with E-state index in [-0.39, 0.29) is 12.2 Å². The summed E-state index contributed by atoms with van der Waals surface area (Å²) in [4.78, 5) is 28.5. The summed E-state index contributed by atoms with van der Waals surface area (Å²) in [5.41, 5.74) is 6.42. The van der Waals surface area contributed by atoms with Crippen molar-refractivity contribution in [2.45, 2.75) is 65.2 Å². The fourth-order valence-corrected chi connectivity index (χ4v) is 6.65. The Kier molecular flexibility index (Phi) is 35.6. The number of hydrogen-bond acceptors (Lipinski definition) is 11. The lowest BCUT2D eigenvalue weighted by Crippen LogP contribution is -2.08. The number of aliphatic hydroxyl groups is 1. The van der Waals surface area contributed by atoms with Gasteiger partial charge in [-0.05, 0) is 130 Å². The number of aldehydes is 1. The number of allylic oxidation sites excluding steroid dienone is 3. The van der Waals surface area contributed by atoms with Crippen molar-refractivity contribution in [2.75, 3.05) is 33.5 Å². The van der Waals surface area contributed by atoms with Crippen LogP contribution >= 0.6 is 11.3 Å². The number of hydrogen-bond donors (Lipinski definition) is 2. The third-order valence-corrected chi connectivity index (χ3v) is 9.66. The zero-order valence-corrected chi connectivity index (χ0v) is 40.0. The van der Waals surface area contributed by atoms with Crippen LogP contribution in [-0.2, 0) is 30.9 Å². The van der Waals surface area contributed by atoms with Gasteiger partial charge in [0.2, 0.25) is 4.80 Å². The van der Waals surface area contributed by atoms with Crippen molar-refractivity contribution in [2.24, 2.45) is 17.3 Å². The highest BCUT2D eigenvalue weighted by atomic mass is 32.1. The average Bonchev–Trinajstić information content (AvgIpc) is 3.65. The second-order valence-electron chi connectivity index (χ2n) is 13.7. The first-order chi connectivity index (χ1) is 32.1. The van der Waals surface area contributed by atoms with Crippen molar-refractivity contribution in [1.29, 1.82) is 0 Å². The molecule has 0 aliphatic heterocycles. The number of thiazole rings is 1. The SMILES string of the molecule is C=C.C=C(C)O.C=CC.C=CC=O.COCCCCCCOc1ccc(-c2ccc(-c3ccc(OCCCCCCOC=O)cc3)cc2/C=N/N=c2\sc3ccccc3n2C)cc1.O=CO. The first-order valence-corrected chi connectivity index (χ1v) is 22.3. The molecule has 5 aromatic rings. The van der Waals surface area contributed by atoms with Crippen molar-refractivity contribution in [1.82, 2.24) is 4.57 Å². The van der Waals surface area contributed by atoms with Gasteiger partial charge < -0.3 is 33.7 Å². The molecule has 0 saturated carbocycles. The molecule has 0 amide bonds. The van der Waals surface area contributed by atoms with Crippen molar-refractivity contribution in [3.63, 3.8) is 0 Å². The summed E-state index contributed by atoms with van der Waals surface area (Å²) in [6.07, 6.45) is 13.7. The number of aryl methyl sites for hydroxylation is 1. The minimum atomic E-state index is -0.250. The number of para-hydroxylation sites is 1. The topological polar surface area (TPSA) is 158 Å². The van der Waals surface area contributed by atoms with E-state index >= 15 is 0 Å². The molecular weight excluding hydrogens is 855 g/mol. The van der Waals surface area contributed by atoms with Gasteiger partial charge in [0.05, 0.1) is 42.0 Å². The summed E-state index contributed by atoms with van der Waals surface area (Å²) < 4.78 is 25.1. The van der Waals surface area contributed by atoms with Crippen LogP contribution in [0.25, 0.3) is 32.5 Å². The highest BCUT2D eigenvalue weighted by molar-refractivity contribution is 7.16. The number of carboxylic acid groups (broad SMARTS) is 1. The molecule has 0 aliphatic rings. The van der Waals surface area contributed by atoms with Gasteiger partial charge in [-0.1, -0.05) is 85.5 Å². The van der Waals surface area contributed by atoms with E-state index in [0.29, 0.717) is 32.6 Å². The fraction of sp³-hybridized carbons (Fsp3) is 0.302. The van der Waals surface area contributed by atoms with Crippen LogP contribution in [0.3, 0.4) is 0 Å². The number of fused-ring (bicyclic) bond motifs is 1. The van der Waals surface area contributed by atoms with E-state index in [0.717, 1.165) is 108 Å². The maximum Gasteiger partial charge on any atom is 0.293 e. The molecule has 5 rings (SSSR count). The Morgan fingerprint density at radius 2 is 1.21 bits per heavy atom. The molecule has 1 heterocycles. The summed E-state index contributed by atoms with van der Waals surface area (Å²) in [6, 6.07) is 31.2. The summed E-state index contributed by atoms with van der Waals surface area (Å²) in [7, 11) is 3.77. The first-order valence-electron chi connectivity index (χ1n) is 21.5. The number of aliphatic hydroxyl groups excluding tert-OH is 1. The Balaban J connectivity index is 0.00000231. The second kappa shape index (κ2) is 39.7. The Morgan fingerprint density at radius 1 is 0.742 bits per heavy atom. The smallest absolute Gasteiger partial charge is 0.293 e. The van der Waals surface area contributed by atoms with Crippen LogP contribution in [0.4, 0.5) is 0 Å². The standard InChI is InChI=1S/C41H47N3O5S.C3H6O.C3H4O.C3H6.C2H4.CH2O2/c1-44-39-13-7-8-14-40(39)50-41(44)43-42-30-35-29-34(32-15-20-36(21-16-32)48-28-12-6-4-10-26-47-31-45)19-24-38(35)33-17-22-37(23-18-33)49-27-11-5-3-9-25-46-2;1-3(2)4;1-2-3-4;1-3-2;1-2;2-1-3/h7-8,13-24,29-31H,3-6,9-12,25-28H2,1-2H3;4H,1H2,2H3;2-3H,1H2;3H,1H2,2H3;1-2H2;1H,(H,2,3)/b42-30+,43-41-;;;;;. The molecule has 0 saturated heterocycles. The number of nitrogens with zero attached hydrogens (tertiary/aromatic N) is 3. The number of carbonyl (C=O) groups is 3. The summed E-state index contributed by atoms with van der Waals surface area (Å²) >= 11 is 1.62. The zero-order chi connectivity index (χ0) is 49.2. The maximum absolute atomic E-state index is 10.2. The number of aromatic nitrogens is 1. The van der Waals surface area contributed by atoms with E-state index in [1.54, 1.807) is 24.5 Å². The van der Waals surface area contributed by atoms with Crippen LogP contribution in [0, 0.1) is 0 Å². The molecular formula is C53H69N3O9S. The lowest BCUT2D eigenvalue weighted by atomic mass is 9.95. The van der Waals surface area contributed by atoms with Gasteiger partial charge in [-0.15, -0.1) is 24.8 Å². The van der Waals surface area contributed by atoms with Gasteiger partial charge in [-0.3, -0.25) is 14.4 Å². The molecule has 2 N–H and O–H groups in total. The van der Waals surface area contributed by atoms with Gasteiger partial charge in [0.25, 0.3) is 12.9 Å². The highest BCUT2D eigenvalue weighted by Gasteiger charge is 2.09. The minimum Gasteiger partial charge on any atom is -0.513 e. The molecule has 0 aliphatic carbocycles. The normalized spacial score (nSPS) is 10.0. The van der Waals surface area contributed by atoms with Gasteiger partial charge >= 0.3 is 0 Å². The van der Waals surface area contributed by atoms with Crippen LogP contribution < -0.4 is 14.3 Å². The number of unbranched alkanes of at least 4 members (excludes halogenated alkanes) is 6. The Labute approximate surface area is 395 Å². The molecule has 1 aromatic heterocycles. The lowest BCUT2D eigenvalue weighted by Gasteiger charge is -2.12. The summed E-state index contributed by atoms with van der Waals surface area (Å²) in [5, 5.41) is 23.9. The van der Waals surface area contributed by atoms with Crippen LogP contribution in [0.1, 0.15) is 70.8 Å². The molecule has 4 aromatic carbocycles. The van der Waals surface area contributed by atoms with Crippen LogP contribution in [-0.4, -0.2) is 73.8 Å². The Morgan fingerprint density at radius 3 is 1.70 bits per heavy atom. The number of ether oxygens (including phenoxy) is 4. The van der Waals surface area contributed by atoms with E-state index in [1.807, 2.05) is 56.6 Å². The number of benzene rings is 4. The Hall–Kier alpha value is -6.83. The van der Waals surface area contributed by atoms with Gasteiger partial charge in [-0.25, -0.2) is 0 Å². The van der Waals surface area contributed by atoms with E-state index in [9.17, 15) is 4.79 Å². The Bertz CT molecular complexity index is 2180. The van der Waals surface area contributed by atoms with Gasteiger partial charge in [0.1, 0.15) is 17.8 Å². The predicted octanol–water partition coefficient (Wildman–Crippen LogP) is 12.4. The molecule has 0 bridgehead atoms. The highest BCUT2D eigenvalue weighted by Crippen LogP contribution is 2.31. The van der Waals surface area contributed by atoms with E-state index in [1.165, 1.54) is 17.7 Å². The van der Waals surface area contributed by atoms with Crippen LogP contribution in [0.2, 0.25) is 0 Å². The molecule has 13 heteroatoms. The molecule has 356 valence electrons. The number of carbonyl (C=O) groups excluding carboxylic acids is 2. The third kappa shape index (κ3) is 26.1. The molecule has 0 fully saturated rings. The molecule has 0 unspecified atom stereocenters. The van der Waals surface area contributed by atoms with E-state index in [4.69, 9.17) is 38.7 Å².